The van der Waals surface area contributed by atoms with Gasteiger partial charge in [-0.15, -0.1) is 0 Å². The van der Waals surface area contributed by atoms with E-state index in [2.05, 4.69) is 34.3 Å². The molecule has 1 aliphatic rings. The van der Waals surface area contributed by atoms with Crippen molar-refractivity contribution in [2.45, 2.75) is 33.2 Å². The summed E-state index contributed by atoms with van der Waals surface area (Å²) in [5, 5.41) is 3.10. The van der Waals surface area contributed by atoms with Crippen molar-refractivity contribution in [2.24, 2.45) is 5.92 Å². The number of nitrogens with zero attached hydrogens (tertiary/aromatic N) is 3. The van der Waals surface area contributed by atoms with E-state index in [0.29, 0.717) is 12.5 Å². The number of aryl methyl sites for hydroxylation is 1. The summed E-state index contributed by atoms with van der Waals surface area (Å²) in [5.41, 5.74) is 2.99. The number of imidazole rings is 1. The first-order chi connectivity index (χ1) is 11.6. The minimum absolute atomic E-state index is 0.0260. The number of carbonyl (C=O) groups excluding carboxylic acids is 1. The van der Waals surface area contributed by atoms with Crippen LogP contribution in [-0.4, -0.2) is 35.1 Å². The third-order valence-electron chi connectivity index (χ3n) is 4.54. The van der Waals surface area contributed by atoms with Gasteiger partial charge in [0.05, 0.1) is 11.9 Å². The predicted octanol–water partition coefficient (Wildman–Crippen LogP) is 2.86. The van der Waals surface area contributed by atoms with E-state index in [4.69, 9.17) is 0 Å². The molecule has 1 amide bonds. The largest absolute Gasteiger partial charge is 0.371 e. The SMILES string of the molecule is Cc1ccc(N2CCCC2)c(C(=O)NC[C@H](C)Cn2ccnc2)c1. The zero-order valence-electron chi connectivity index (χ0n) is 14.5. The van der Waals surface area contributed by atoms with Gasteiger partial charge in [-0.25, -0.2) is 4.98 Å². The summed E-state index contributed by atoms with van der Waals surface area (Å²) in [6, 6.07) is 6.18. The monoisotopic (exact) mass is 326 g/mol. The van der Waals surface area contributed by atoms with E-state index in [1.165, 1.54) is 12.8 Å². The van der Waals surface area contributed by atoms with Crippen molar-refractivity contribution in [3.8, 4) is 0 Å². The number of hydrogen-bond donors (Lipinski definition) is 1. The van der Waals surface area contributed by atoms with Crippen LogP contribution in [0.3, 0.4) is 0 Å². The fraction of sp³-hybridized carbons (Fsp3) is 0.474. The summed E-state index contributed by atoms with van der Waals surface area (Å²) < 4.78 is 2.04. The van der Waals surface area contributed by atoms with E-state index in [1.54, 1.807) is 6.20 Å². The Bertz CT molecular complexity index is 675. The molecular formula is C19H26N4O. The molecule has 3 rings (SSSR count). The molecule has 2 heterocycles. The minimum atomic E-state index is 0.0260. The predicted molar refractivity (Wildman–Crippen MR) is 96.4 cm³/mol. The molecule has 1 aliphatic heterocycles. The maximum atomic E-state index is 12.7. The van der Waals surface area contributed by atoms with Crippen LogP contribution < -0.4 is 10.2 Å². The zero-order chi connectivity index (χ0) is 16.9. The standard InChI is InChI=1S/C19H26N4O/c1-15-5-6-18(23-8-3-4-9-23)17(11-15)19(24)21-12-16(2)13-22-10-7-20-14-22/h5-7,10-11,14,16H,3-4,8-9,12-13H2,1-2H3,(H,21,24)/t16-/m0/s1. The van der Waals surface area contributed by atoms with Crippen LogP contribution in [0.2, 0.25) is 0 Å². The first kappa shape index (κ1) is 16.6. The van der Waals surface area contributed by atoms with Gasteiger partial charge < -0.3 is 14.8 Å². The van der Waals surface area contributed by atoms with Crippen LogP contribution in [0.1, 0.15) is 35.7 Å². The molecule has 1 aromatic heterocycles. The third kappa shape index (κ3) is 3.96. The normalized spacial score (nSPS) is 15.5. The van der Waals surface area contributed by atoms with Crippen LogP contribution in [-0.2, 0) is 6.54 Å². The smallest absolute Gasteiger partial charge is 0.253 e. The lowest BCUT2D eigenvalue weighted by Gasteiger charge is -2.22. The molecule has 1 fully saturated rings. The summed E-state index contributed by atoms with van der Waals surface area (Å²) in [6.07, 6.45) is 7.95. The number of aromatic nitrogens is 2. The summed E-state index contributed by atoms with van der Waals surface area (Å²) in [6.45, 7) is 7.77. The molecule has 2 aromatic rings. The van der Waals surface area contributed by atoms with Gasteiger partial charge in [0, 0.05) is 44.3 Å². The Morgan fingerprint density at radius 2 is 2.12 bits per heavy atom. The second kappa shape index (κ2) is 7.51. The Labute approximate surface area is 143 Å². The van der Waals surface area contributed by atoms with Crippen molar-refractivity contribution in [2.75, 3.05) is 24.5 Å². The fourth-order valence-electron chi connectivity index (χ4n) is 3.25. The van der Waals surface area contributed by atoms with E-state index in [1.807, 2.05) is 30.1 Å². The van der Waals surface area contributed by atoms with Gasteiger partial charge in [0.15, 0.2) is 0 Å². The number of carbonyl (C=O) groups is 1. The van der Waals surface area contributed by atoms with E-state index >= 15 is 0 Å². The van der Waals surface area contributed by atoms with E-state index in [0.717, 1.165) is 36.4 Å². The van der Waals surface area contributed by atoms with Gasteiger partial charge in [-0.2, -0.15) is 0 Å². The highest BCUT2D eigenvalue weighted by Gasteiger charge is 2.19. The molecule has 1 aromatic carbocycles. The van der Waals surface area contributed by atoms with Gasteiger partial charge >= 0.3 is 0 Å². The number of nitrogens with one attached hydrogen (secondary N) is 1. The molecule has 5 heteroatoms. The Hall–Kier alpha value is -2.30. The van der Waals surface area contributed by atoms with Crippen molar-refractivity contribution in [3.05, 3.63) is 48.0 Å². The topological polar surface area (TPSA) is 50.2 Å². The quantitative estimate of drug-likeness (QED) is 0.888. The van der Waals surface area contributed by atoms with E-state index in [9.17, 15) is 4.79 Å². The average molecular weight is 326 g/mol. The molecule has 24 heavy (non-hydrogen) atoms. The van der Waals surface area contributed by atoms with Crippen molar-refractivity contribution in [3.63, 3.8) is 0 Å². The highest BCUT2D eigenvalue weighted by atomic mass is 16.1. The van der Waals surface area contributed by atoms with Crippen molar-refractivity contribution >= 4 is 11.6 Å². The molecule has 128 valence electrons. The van der Waals surface area contributed by atoms with Gasteiger partial charge in [-0.1, -0.05) is 18.6 Å². The average Bonchev–Trinajstić information content (AvgIpc) is 3.26. The molecule has 5 nitrogen and oxygen atoms in total. The first-order valence-corrected chi connectivity index (χ1v) is 8.73. The second-order valence-electron chi connectivity index (χ2n) is 6.79. The maximum absolute atomic E-state index is 12.7. The van der Waals surface area contributed by atoms with Crippen LogP contribution in [0.25, 0.3) is 0 Å². The minimum Gasteiger partial charge on any atom is -0.371 e. The highest BCUT2D eigenvalue weighted by molar-refractivity contribution is 6.00. The van der Waals surface area contributed by atoms with Crippen molar-refractivity contribution in [1.29, 1.82) is 0 Å². The summed E-state index contributed by atoms with van der Waals surface area (Å²) >= 11 is 0. The van der Waals surface area contributed by atoms with E-state index in [-0.39, 0.29) is 5.91 Å². The molecular weight excluding hydrogens is 300 g/mol. The molecule has 0 bridgehead atoms. The molecule has 0 spiro atoms. The van der Waals surface area contributed by atoms with Crippen LogP contribution in [0, 0.1) is 12.8 Å². The third-order valence-corrected chi connectivity index (χ3v) is 4.54. The van der Waals surface area contributed by atoms with Crippen LogP contribution in [0.15, 0.2) is 36.9 Å². The van der Waals surface area contributed by atoms with Gasteiger partial charge in [-0.3, -0.25) is 4.79 Å². The van der Waals surface area contributed by atoms with Crippen LogP contribution in [0.4, 0.5) is 5.69 Å². The van der Waals surface area contributed by atoms with Crippen LogP contribution >= 0.6 is 0 Å². The maximum Gasteiger partial charge on any atom is 0.253 e. The summed E-state index contributed by atoms with van der Waals surface area (Å²) in [5.74, 6) is 0.376. The van der Waals surface area contributed by atoms with Gasteiger partial charge in [-0.05, 0) is 37.8 Å². The Morgan fingerprint density at radius 1 is 1.33 bits per heavy atom. The van der Waals surface area contributed by atoms with Gasteiger partial charge in [0.1, 0.15) is 0 Å². The molecule has 1 atom stereocenters. The summed E-state index contributed by atoms with van der Waals surface area (Å²) in [7, 11) is 0. The molecule has 0 saturated carbocycles. The zero-order valence-corrected chi connectivity index (χ0v) is 14.5. The second-order valence-corrected chi connectivity index (χ2v) is 6.79. The number of hydrogen-bond acceptors (Lipinski definition) is 3. The first-order valence-electron chi connectivity index (χ1n) is 8.73. The van der Waals surface area contributed by atoms with Crippen molar-refractivity contribution < 1.29 is 4.79 Å². The summed E-state index contributed by atoms with van der Waals surface area (Å²) in [4.78, 5) is 19.1. The Balaban J connectivity index is 1.64. The fourth-order valence-corrected chi connectivity index (χ4v) is 3.25. The van der Waals surface area contributed by atoms with Gasteiger partial charge in [0.25, 0.3) is 5.91 Å². The van der Waals surface area contributed by atoms with Gasteiger partial charge in [0.2, 0.25) is 0 Å². The molecule has 0 radical (unpaired) electrons. The lowest BCUT2D eigenvalue weighted by molar-refractivity contribution is 0.0947. The molecule has 1 N–H and O–H groups in total. The molecule has 1 saturated heterocycles. The molecule has 0 unspecified atom stereocenters. The number of anilines is 1. The number of rotatable bonds is 6. The highest BCUT2D eigenvalue weighted by Crippen LogP contribution is 2.25. The van der Waals surface area contributed by atoms with E-state index < -0.39 is 0 Å². The molecule has 0 aliphatic carbocycles. The number of benzene rings is 1. The Morgan fingerprint density at radius 3 is 2.83 bits per heavy atom. The lowest BCUT2D eigenvalue weighted by Crippen LogP contribution is -2.31. The Kier molecular flexibility index (Phi) is 5.18. The number of amides is 1. The van der Waals surface area contributed by atoms with Crippen LogP contribution in [0.5, 0.6) is 0 Å². The lowest BCUT2D eigenvalue weighted by atomic mass is 10.1. The van der Waals surface area contributed by atoms with Crippen molar-refractivity contribution in [1.82, 2.24) is 14.9 Å².